The molecule has 0 radical (unpaired) electrons. The number of halogens is 1. The van der Waals surface area contributed by atoms with Crippen LogP contribution < -0.4 is 5.56 Å². The molecule has 0 saturated heterocycles. The van der Waals surface area contributed by atoms with Gasteiger partial charge in [0.1, 0.15) is 5.69 Å². The summed E-state index contributed by atoms with van der Waals surface area (Å²) in [7, 11) is 0. The Kier molecular flexibility index (Phi) is 3.06. The zero-order chi connectivity index (χ0) is 15.1. The molecule has 0 saturated carbocycles. The average molecular weight is 329 g/mol. The lowest BCUT2D eigenvalue weighted by Gasteiger charge is -1.99. The van der Waals surface area contributed by atoms with Crippen molar-refractivity contribution >= 4 is 33.8 Å². The first kappa shape index (κ1) is 13.2. The van der Waals surface area contributed by atoms with Crippen LogP contribution in [-0.2, 0) is 0 Å². The Balaban J connectivity index is 1.97. The molecule has 4 rings (SSSR count). The molecule has 22 heavy (non-hydrogen) atoms. The monoisotopic (exact) mass is 328 g/mol. The highest BCUT2D eigenvalue weighted by molar-refractivity contribution is 7.13. The van der Waals surface area contributed by atoms with E-state index in [9.17, 15) is 4.79 Å². The van der Waals surface area contributed by atoms with Gasteiger partial charge in [0.2, 0.25) is 0 Å². The number of nitrogens with zero attached hydrogens (tertiary/aromatic N) is 3. The van der Waals surface area contributed by atoms with Crippen LogP contribution in [0.5, 0.6) is 0 Å². The Labute approximate surface area is 133 Å². The second kappa shape index (κ2) is 5.08. The molecule has 0 fully saturated rings. The molecule has 0 aliphatic rings. The third kappa shape index (κ3) is 2.13. The van der Waals surface area contributed by atoms with Crippen LogP contribution >= 0.6 is 22.9 Å². The van der Waals surface area contributed by atoms with Crippen LogP contribution in [0.2, 0.25) is 5.02 Å². The third-order valence-electron chi connectivity index (χ3n) is 3.30. The lowest BCUT2D eigenvalue weighted by atomic mass is 10.2. The minimum absolute atomic E-state index is 0.303. The van der Waals surface area contributed by atoms with Gasteiger partial charge in [-0.25, -0.2) is 9.78 Å². The minimum Gasteiger partial charge on any atom is -0.265 e. The van der Waals surface area contributed by atoms with Crippen molar-refractivity contribution in [3.8, 4) is 16.3 Å². The van der Waals surface area contributed by atoms with Gasteiger partial charge in [-0.05, 0) is 35.7 Å². The lowest BCUT2D eigenvalue weighted by Crippen LogP contribution is -2.09. The van der Waals surface area contributed by atoms with Gasteiger partial charge in [0.25, 0.3) is 5.56 Å². The number of aromatic amines is 1. The maximum Gasteiger partial charge on any atom is 0.292 e. The predicted molar refractivity (Wildman–Crippen MR) is 87.8 cm³/mol. The Morgan fingerprint density at radius 3 is 2.73 bits per heavy atom. The van der Waals surface area contributed by atoms with E-state index in [0.29, 0.717) is 10.5 Å². The molecular weight excluding hydrogens is 320 g/mol. The second-order valence-electron chi connectivity index (χ2n) is 4.69. The van der Waals surface area contributed by atoms with Gasteiger partial charge in [0, 0.05) is 11.2 Å². The van der Waals surface area contributed by atoms with Crippen molar-refractivity contribution in [3.05, 3.63) is 63.4 Å². The first-order valence-corrected chi connectivity index (χ1v) is 7.76. The first-order chi connectivity index (χ1) is 10.7. The molecule has 0 amide bonds. The number of benzene rings is 1. The molecule has 1 N–H and O–H groups in total. The molecule has 0 aliphatic heterocycles. The van der Waals surface area contributed by atoms with Crippen molar-refractivity contribution in [1.82, 2.24) is 20.0 Å². The molecule has 1 aromatic carbocycles. The number of hydrogen-bond acceptors (Lipinski definition) is 4. The van der Waals surface area contributed by atoms with E-state index in [2.05, 4.69) is 15.3 Å². The van der Waals surface area contributed by atoms with Crippen LogP contribution in [0.1, 0.15) is 0 Å². The summed E-state index contributed by atoms with van der Waals surface area (Å²) in [6.45, 7) is 0. The number of fused-ring (bicyclic) bond motifs is 1. The van der Waals surface area contributed by atoms with Crippen LogP contribution in [-0.4, -0.2) is 20.0 Å². The van der Waals surface area contributed by atoms with E-state index in [1.807, 2.05) is 35.8 Å². The predicted octanol–water partition coefficient (Wildman–Crippen LogP) is 3.49. The summed E-state index contributed by atoms with van der Waals surface area (Å²) in [4.78, 5) is 13.0. The molecule has 0 aliphatic carbocycles. The third-order valence-corrected chi connectivity index (χ3v) is 4.43. The summed E-state index contributed by atoms with van der Waals surface area (Å²) >= 11 is 7.47. The molecule has 0 spiro atoms. The van der Waals surface area contributed by atoms with E-state index in [4.69, 9.17) is 11.6 Å². The molecule has 0 atom stereocenters. The Hall–Kier alpha value is -2.44. The van der Waals surface area contributed by atoms with Gasteiger partial charge in [0.15, 0.2) is 5.52 Å². The Morgan fingerprint density at radius 1 is 1.18 bits per heavy atom. The summed E-state index contributed by atoms with van der Waals surface area (Å²) in [6.07, 6.45) is 1.82. The van der Waals surface area contributed by atoms with E-state index in [0.717, 1.165) is 21.6 Å². The molecule has 3 heterocycles. The van der Waals surface area contributed by atoms with Gasteiger partial charge in [-0.2, -0.15) is 10.2 Å². The maximum atomic E-state index is 12.0. The number of hydrogen-bond donors (Lipinski definition) is 1. The molecule has 4 aromatic rings. The first-order valence-electron chi connectivity index (χ1n) is 6.50. The summed E-state index contributed by atoms with van der Waals surface area (Å²) in [5.74, 6) is 0. The fourth-order valence-corrected chi connectivity index (χ4v) is 3.12. The van der Waals surface area contributed by atoms with Crippen molar-refractivity contribution in [2.24, 2.45) is 0 Å². The zero-order valence-electron chi connectivity index (χ0n) is 11.2. The van der Waals surface area contributed by atoms with Gasteiger partial charge in [-0.1, -0.05) is 17.7 Å². The van der Waals surface area contributed by atoms with Gasteiger partial charge in [0.05, 0.1) is 16.0 Å². The van der Waals surface area contributed by atoms with Crippen LogP contribution in [0.25, 0.3) is 27.2 Å². The molecule has 7 heteroatoms. The molecule has 0 unspecified atom stereocenters. The standard InChI is InChI=1S/C15H9ClN4OS/c16-9-3-5-10(6-4-9)20-8-11-13(12-2-1-7-22-12)17-18-15(21)14(11)19-20/h1-8H,(H,18,21). The number of rotatable bonds is 2. The fourth-order valence-electron chi connectivity index (χ4n) is 2.26. The lowest BCUT2D eigenvalue weighted by molar-refractivity contribution is 0.891. The normalized spacial score (nSPS) is 11.1. The van der Waals surface area contributed by atoms with Crippen LogP contribution in [0.3, 0.4) is 0 Å². The number of thiophene rings is 1. The Morgan fingerprint density at radius 2 is 2.00 bits per heavy atom. The number of aromatic nitrogens is 4. The van der Waals surface area contributed by atoms with Crippen LogP contribution in [0.15, 0.2) is 52.8 Å². The van der Waals surface area contributed by atoms with Crippen LogP contribution in [0.4, 0.5) is 0 Å². The van der Waals surface area contributed by atoms with E-state index in [1.54, 1.807) is 28.2 Å². The molecule has 3 aromatic heterocycles. The molecular formula is C15H9ClN4OS. The summed E-state index contributed by atoms with van der Waals surface area (Å²) in [5.41, 5.74) is 1.62. The highest BCUT2D eigenvalue weighted by Crippen LogP contribution is 2.28. The van der Waals surface area contributed by atoms with E-state index in [-0.39, 0.29) is 5.56 Å². The summed E-state index contributed by atoms with van der Waals surface area (Å²) in [6, 6.07) is 11.2. The second-order valence-corrected chi connectivity index (χ2v) is 6.08. The SMILES string of the molecule is O=c1[nH]nc(-c2cccs2)c2cn(-c3ccc(Cl)cc3)nc12. The smallest absolute Gasteiger partial charge is 0.265 e. The van der Waals surface area contributed by atoms with Gasteiger partial charge < -0.3 is 0 Å². The van der Waals surface area contributed by atoms with Crippen molar-refractivity contribution in [3.63, 3.8) is 0 Å². The number of H-pyrrole nitrogens is 1. The van der Waals surface area contributed by atoms with Crippen molar-refractivity contribution in [2.45, 2.75) is 0 Å². The molecule has 108 valence electrons. The maximum absolute atomic E-state index is 12.0. The van der Waals surface area contributed by atoms with Gasteiger partial charge in [-0.3, -0.25) is 4.79 Å². The number of nitrogens with one attached hydrogen (secondary N) is 1. The van der Waals surface area contributed by atoms with Crippen molar-refractivity contribution in [2.75, 3.05) is 0 Å². The van der Waals surface area contributed by atoms with E-state index in [1.165, 1.54) is 0 Å². The topological polar surface area (TPSA) is 63.6 Å². The summed E-state index contributed by atoms with van der Waals surface area (Å²) in [5, 5.41) is 14.4. The average Bonchev–Trinajstić information content (AvgIpc) is 3.18. The van der Waals surface area contributed by atoms with Crippen molar-refractivity contribution in [1.29, 1.82) is 0 Å². The highest BCUT2D eigenvalue weighted by atomic mass is 35.5. The molecule has 5 nitrogen and oxygen atoms in total. The van der Waals surface area contributed by atoms with Gasteiger partial charge >= 0.3 is 0 Å². The fraction of sp³-hybridized carbons (Fsp3) is 0. The van der Waals surface area contributed by atoms with E-state index < -0.39 is 0 Å². The Bertz CT molecular complexity index is 1000. The summed E-state index contributed by atoms with van der Waals surface area (Å²) < 4.78 is 1.66. The highest BCUT2D eigenvalue weighted by Gasteiger charge is 2.14. The van der Waals surface area contributed by atoms with Gasteiger partial charge in [-0.15, -0.1) is 11.3 Å². The minimum atomic E-state index is -0.303. The quantitative estimate of drug-likeness (QED) is 0.612. The van der Waals surface area contributed by atoms with Crippen LogP contribution in [0, 0.1) is 0 Å². The van der Waals surface area contributed by atoms with E-state index >= 15 is 0 Å². The molecule has 0 bridgehead atoms. The van der Waals surface area contributed by atoms with Crippen molar-refractivity contribution < 1.29 is 0 Å². The zero-order valence-corrected chi connectivity index (χ0v) is 12.7. The largest absolute Gasteiger partial charge is 0.292 e.